The average Bonchev–Trinajstić information content (AvgIpc) is 3.14. The predicted octanol–water partition coefficient (Wildman–Crippen LogP) is 2.47. The molecular formula is C17H27F3N4O3S. The zero-order valence-electron chi connectivity index (χ0n) is 16.0. The Hall–Kier alpha value is -1.75. The summed E-state index contributed by atoms with van der Waals surface area (Å²) in [6.07, 6.45) is 3.64. The number of piperidine rings is 1. The monoisotopic (exact) mass is 424 g/mol. The van der Waals surface area contributed by atoms with Gasteiger partial charge in [0.2, 0.25) is 0 Å². The molecule has 2 rings (SSSR count). The van der Waals surface area contributed by atoms with Crippen molar-refractivity contribution in [2.45, 2.75) is 57.1 Å². The van der Waals surface area contributed by atoms with Gasteiger partial charge in [-0.3, -0.25) is 4.99 Å². The van der Waals surface area contributed by atoms with E-state index in [1.54, 1.807) is 12.3 Å². The minimum Gasteiger partial charge on any atom is -0.469 e. The average molecular weight is 424 g/mol. The molecule has 0 radical (unpaired) electrons. The summed E-state index contributed by atoms with van der Waals surface area (Å²) >= 11 is 0. The number of hydrogen-bond donors (Lipinski definition) is 2. The molecule has 1 atom stereocenters. The van der Waals surface area contributed by atoms with Crippen LogP contribution in [0.4, 0.5) is 13.2 Å². The van der Waals surface area contributed by atoms with Crippen LogP contribution in [0.15, 0.2) is 27.8 Å². The summed E-state index contributed by atoms with van der Waals surface area (Å²) < 4.78 is 66.8. The molecule has 1 aromatic heterocycles. The van der Waals surface area contributed by atoms with Crippen LogP contribution in [0.2, 0.25) is 0 Å². The largest absolute Gasteiger partial charge is 0.511 e. The van der Waals surface area contributed by atoms with Crippen LogP contribution in [0, 0.1) is 0 Å². The van der Waals surface area contributed by atoms with E-state index in [0.717, 1.165) is 12.2 Å². The molecule has 0 aromatic carbocycles. The minimum absolute atomic E-state index is 0.154. The van der Waals surface area contributed by atoms with Gasteiger partial charge in [-0.15, -0.1) is 0 Å². The summed E-state index contributed by atoms with van der Waals surface area (Å²) in [4.78, 5) is 4.51. The van der Waals surface area contributed by atoms with Crippen LogP contribution < -0.4 is 10.6 Å². The van der Waals surface area contributed by atoms with E-state index in [1.165, 1.54) is 0 Å². The maximum absolute atomic E-state index is 12.7. The van der Waals surface area contributed by atoms with Crippen LogP contribution in [0.25, 0.3) is 0 Å². The molecule has 1 aliphatic rings. The van der Waals surface area contributed by atoms with Gasteiger partial charge in [0, 0.05) is 38.1 Å². The van der Waals surface area contributed by atoms with E-state index in [2.05, 4.69) is 15.6 Å². The number of sulfonamides is 1. The Bertz CT molecular complexity index is 727. The molecule has 0 aliphatic carbocycles. The smallest absolute Gasteiger partial charge is 0.469 e. The number of rotatable bonds is 7. The van der Waals surface area contributed by atoms with Crippen molar-refractivity contribution < 1.29 is 26.0 Å². The van der Waals surface area contributed by atoms with Crippen LogP contribution in [0.1, 0.15) is 38.9 Å². The molecule has 7 nitrogen and oxygen atoms in total. The molecule has 0 bridgehead atoms. The van der Waals surface area contributed by atoms with Gasteiger partial charge < -0.3 is 15.1 Å². The van der Waals surface area contributed by atoms with Crippen LogP contribution in [-0.4, -0.2) is 55.9 Å². The van der Waals surface area contributed by atoms with Crippen LogP contribution in [-0.2, 0) is 16.4 Å². The molecule has 11 heteroatoms. The summed E-state index contributed by atoms with van der Waals surface area (Å²) in [5.74, 6) is 1.38. The van der Waals surface area contributed by atoms with Crippen LogP contribution in [0.3, 0.4) is 0 Å². The third kappa shape index (κ3) is 6.13. The zero-order chi connectivity index (χ0) is 20.8. The van der Waals surface area contributed by atoms with E-state index < -0.39 is 15.5 Å². The molecule has 0 amide bonds. The van der Waals surface area contributed by atoms with Gasteiger partial charge in [0.1, 0.15) is 5.76 Å². The number of alkyl halides is 3. The van der Waals surface area contributed by atoms with Crippen molar-refractivity contribution in [2.75, 3.05) is 19.6 Å². The molecule has 1 saturated heterocycles. The summed E-state index contributed by atoms with van der Waals surface area (Å²) in [5.41, 5.74) is -5.26. The fourth-order valence-corrected chi connectivity index (χ4v) is 3.77. The molecule has 1 aromatic rings. The maximum atomic E-state index is 12.7. The Morgan fingerprint density at radius 3 is 2.61 bits per heavy atom. The molecular weight excluding hydrogens is 397 g/mol. The molecule has 0 spiro atoms. The van der Waals surface area contributed by atoms with Gasteiger partial charge in [-0.25, -0.2) is 8.42 Å². The predicted molar refractivity (Wildman–Crippen MR) is 100 cm³/mol. The second-order valence-electron chi connectivity index (χ2n) is 6.78. The zero-order valence-corrected chi connectivity index (χ0v) is 16.8. The summed E-state index contributed by atoms with van der Waals surface area (Å²) in [6.45, 7) is 4.16. The molecule has 2 heterocycles. The highest BCUT2D eigenvalue weighted by molar-refractivity contribution is 7.90. The van der Waals surface area contributed by atoms with Crippen molar-refractivity contribution >= 4 is 16.0 Å². The van der Waals surface area contributed by atoms with Gasteiger partial charge in [-0.1, -0.05) is 6.92 Å². The normalized spacial score (nSPS) is 18.8. The van der Waals surface area contributed by atoms with Crippen molar-refractivity contribution in [2.24, 2.45) is 4.99 Å². The maximum Gasteiger partial charge on any atom is 0.511 e. The van der Waals surface area contributed by atoms with Gasteiger partial charge in [-0.05, 0) is 38.3 Å². The first-order valence-corrected chi connectivity index (χ1v) is 10.7. The van der Waals surface area contributed by atoms with Crippen LogP contribution >= 0.6 is 0 Å². The number of furan rings is 1. The summed E-state index contributed by atoms with van der Waals surface area (Å²) in [7, 11) is -5.26. The standard InChI is InChI=1S/C17H27F3N4O3S/c1-3-13(2)22-16(21-9-6-15-5-4-12-27-15)23-14-7-10-24(11-8-14)28(25,26)17(18,19)20/h4-5,12-14H,3,6-11H2,1-2H3,(H2,21,22,23). The third-order valence-corrected chi connectivity index (χ3v) is 6.26. The van der Waals surface area contributed by atoms with E-state index in [0.29, 0.717) is 23.2 Å². The number of nitrogens with one attached hydrogen (secondary N) is 2. The molecule has 1 fully saturated rings. The Labute approximate surface area is 163 Å². The number of guanidine groups is 1. The lowest BCUT2D eigenvalue weighted by Crippen LogP contribution is -2.52. The lowest BCUT2D eigenvalue weighted by Gasteiger charge is -2.33. The Kier molecular flexibility index (Phi) is 7.76. The van der Waals surface area contributed by atoms with E-state index in [1.807, 2.05) is 19.9 Å². The van der Waals surface area contributed by atoms with Crippen molar-refractivity contribution in [3.8, 4) is 0 Å². The topological polar surface area (TPSA) is 86.9 Å². The number of hydrogen-bond acceptors (Lipinski definition) is 4. The highest BCUT2D eigenvalue weighted by Crippen LogP contribution is 2.28. The lowest BCUT2D eigenvalue weighted by molar-refractivity contribution is -0.0494. The van der Waals surface area contributed by atoms with E-state index in [4.69, 9.17) is 4.42 Å². The minimum atomic E-state index is -5.26. The second-order valence-corrected chi connectivity index (χ2v) is 8.71. The second kappa shape index (κ2) is 9.64. The van der Waals surface area contributed by atoms with E-state index in [9.17, 15) is 21.6 Å². The first-order valence-electron chi connectivity index (χ1n) is 9.29. The van der Waals surface area contributed by atoms with Gasteiger partial charge >= 0.3 is 15.5 Å². The highest BCUT2D eigenvalue weighted by Gasteiger charge is 2.50. The SMILES string of the molecule is CCC(C)NC(=NCCc1ccco1)NC1CCN(S(=O)(=O)C(F)(F)F)CC1. The Morgan fingerprint density at radius 2 is 2.07 bits per heavy atom. The van der Waals surface area contributed by atoms with Crippen molar-refractivity contribution in [1.29, 1.82) is 0 Å². The Morgan fingerprint density at radius 1 is 1.39 bits per heavy atom. The summed E-state index contributed by atoms with van der Waals surface area (Å²) in [6, 6.07) is 3.68. The first-order chi connectivity index (χ1) is 13.1. The van der Waals surface area contributed by atoms with Crippen LogP contribution in [0.5, 0.6) is 0 Å². The van der Waals surface area contributed by atoms with Gasteiger partial charge in [0.05, 0.1) is 6.26 Å². The van der Waals surface area contributed by atoms with Crippen molar-refractivity contribution in [3.05, 3.63) is 24.2 Å². The summed E-state index contributed by atoms with van der Waals surface area (Å²) in [5, 5.41) is 6.47. The van der Waals surface area contributed by atoms with Gasteiger partial charge in [-0.2, -0.15) is 17.5 Å². The first kappa shape index (κ1) is 22.5. The highest BCUT2D eigenvalue weighted by atomic mass is 32.2. The third-order valence-electron chi connectivity index (χ3n) is 4.63. The fraction of sp³-hybridized carbons (Fsp3) is 0.706. The molecule has 0 saturated carbocycles. The number of aliphatic imine (C=N–C) groups is 1. The molecule has 28 heavy (non-hydrogen) atoms. The van der Waals surface area contributed by atoms with Crippen molar-refractivity contribution in [3.63, 3.8) is 0 Å². The van der Waals surface area contributed by atoms with Gasteiger partial charge in [0.25, 0.3) is 0 Å². The van der Waals surface area contributed by atoms with E-state index >= 15 is 0 Å². The number of nitrogens with zero attached hydrogens (tertiary/aromatic N) is 2. The molecule has 1 unspecified atom stereocenters. The molecule has 1 aliphatic heterocycles. The quantitative estimate of drug-likeness (QED) is 0.519. The van der Waals surface area contributed by atoms with Crippen molar-refractivity contribution in [1.82, 2.24) is 14.9 Å². The van der Waals surface area contributed by atoms with E-state index in [-0.39, 0.29) is 38.0 Å². The molecule has 2 N–H and O–H groups in total. The Balaban J connectivity index is 1.93. The van der Waals surface area contributed by atoms with Gasteiger partial charge in [0.15, 0.2) is 5.96 Å². The molecule has 160 valence electrons. The lowest BCUT2D eigenvalue weighted by atomic mass is 10.1. The fourth-order valence-electron chi connectivity index (χ4n) is 2.78. The number of halogens is 3.